The Morgan fingerprint density at radius 1 is 0.935 bits per heavy atom. The van der Waals surface area contributed by atoms with Crippen molar-refractivity contribution in [1.29, 1.82) is 0 Å². The maximum Gasteiger partial charge on any atom is 0.127 e. The lowest BCUT2D eigenvalue weighted by molar-refractivity contribution is 0.166. The van der Waals surface area contributed by atoms with Gasteiger partial charge in [-0.3, -0.25) is 4.90 Å². The smallest absolute Gasteiger partial charge is 0.127 e. The van der Waals surface area contributed by atoms with E-state index < -0.39 is 0 Å². The molecule has 0 aliphatic carbocycles. The summed E-state index contributed by atoms with van der Waals surface area (Å²) in [5.74, 6) is 2.57. The van der Waals surface area contributed by atoms with Crippen molar-refractivity contribution in [2.24, 2.45) is 0 Å². The van der Waals surface area contributed by atoms with Gasteiger partial charge in [0.25, 0.3) is 0 Å². The number of benzene rings is 2. The monoisotopic (exact) mass is 429 g/mol. The minimum absolute atomic E-state index is 0.258. The average Bonchev–Trinajstić information content (AvgIpc) is 2.71. The number of hydrogen-bond donors (Lipinski definition) is 2. The normalized spacial score (nSPS) is 11.6. The summed E-state index contributed by atoms with van der Waals surface area (Å²) in [6.07, 6.45) is 0. The minimum Gasteiger partial charge on any atom is -0.508 e. The van der Waals surface area contributed by atoms with Gasteiger partial charge in [-0.05, 0) is 81.8 Å². The molecule has 0 saturated heterocycles. The molecule has 0 aromatic heterocycles. The second kappa shape index (κ2) is 10.3. The van der Waals surface area contributed by atoms with Gasteiger partial charge in [0.2, 0.25) is 0 Å². The zero-order valence-electron chi connectivity index (χ0n) is 20.6. The summed E-state index contributed by atoms with van der Waals surface area (Å²) in [5, 5.41) is 20.6. The molecular weight excluding hydrogens is 390 g/mol. The maximum atomic E-state index is 10.6. The number of hydrogen-bond acceptors (Lipinski definition) is 5. The fraction of sp³-hybridized carbons (Fsp3) is 0.538. The van der Waals surface area contributed by atoms with Crippen molar-refractivity contribution in [2.75, 3.05) is 20.3 Å². The predicted molar refractivity (Wildman–Crippen MR) is 127 cm³/mol. The maximum absolute atomic E-state index is 10.6. The summed E-state index contributed by atoms with van der Waals surface area (Å²) in [5.41, 5.74) is 5.54. The van der Waals surface area contributed by atoms with E-state index >= 15 is 0 Å². The molecule has 0 spiro atoms. The van der Waals surface area contributed by atoms with Crippen LogP contribution in [0.4, 0.5) is 0 Å². The Kier molecular flexibility index (Phi) is 8.24. The topological polar surface area (TPSA) is 62.2 Å². The first kappa shape index (κ1) is 24.9. The van der Waals surface area contributed by atoms with E-state index in [2.05, 4.69) is 32.6 Å². The van der Waals surface area contributed by atoms with Crippen LogP contribution in [0.1, 0.15) is 67.0 Å². The molecule has 2 aromatic carbocycles. The summed E-state index contributed by atoms with van der Waals surface area (Å²) in [4.78, 5) is 2.32. The van der Waals surface area contributed by atoms with Crippen LogP contribution >= 0.6 is 0 Å². The van der Waals surface area contributed by atoms with Crippen molar-refractivity contribution in [3.8, 4) is 23.0 Å². The third kappa shape index (κ3) is 5.45. The number of nitrogens with zero attached hydrogens (tertiary/aromatic N) is 1. The second-order valence-electron chi connectivity index (χ2n) is 8.98. The molecule has 0 saturated carbocycles. The Balaban J connectivity index is 2.23. The van der Waals surface area contributed by atoms with Crippen LogP contribution in [0.15, 0.2) is 12.1 Å². The first-order chi connectivity index (χ1) is 14.5. The summed E-state index contributed by atoms with van der Waals surface area (Å²) < 4.78 is 11.9. The van der Waals surface area contributed by atoms with E-state index in [4.69, 9.17) is 9.47 Å². The van der Waals surface area contributed by atoms with Gasteiger partial charge in [-0.25, -0.2) is 0 Å². The van der Waals surface area contributed by atoms with E-state index in [1.807, 2.05) is 39.8 Å². The molecule has 0 fully saturated rings. The van der Waals surface area contributed by atoms with Crippen LogP contribution in [-0.4, -0.2) is 41.4 Å². The van der Waals surface area contributed by atoms with E-state index in [9.17, 15) is 10.2 Å². The quantitative estimate of drug-likeness (QED) is 0.531. The molecule has 2 N–H and O–H groups in total. The van der Waals surface area contributed by atoms with Crippen LogP contribution in [0.3, 0.4) is 0 Å². The highest BCUT2D eigenvalue weighted by Crippen LogP contribution is 2.38. The first-order valence-electron chi connectivity index (χ1n) is 11.0. The summed E-state index contributed by atoms with van der Waals surface area (Å²) in [6, 6.07) is 4.02. The molecule has 0 unspecified atom stereocenters. The third-order valence-electron chi connectivity index (χ3n) is 6.22. The van der Waals surface area contributed by atoms with Gasteiger partial charge < -0.3 is 19.7 Å². The average molecular weight is 430 g/mol. The van der Waals surface area contributed by atoms with Crippen LogP contribution in [0.2, 0.25) is 0 Å². The number of ether oxygens (including phenoxy) is 2. The molecule has 5 heteroatoms. The van der Waals surface area contributed by atoms with Crippen LogP contribution in [0.5, 0.6) is 23.0 Å². The van der Waals surface area contributed by atoms with Crippen molar-refractivity contribution in [2.45, 2.75) is 73.9 Å². The highest BCUT2D eigenvalue weighted by molar-refractivity contribution is 5.57. The summed E-state index contributed by atoms with van der Waals surface area (Å²) in [6.45, 7) is 18.2. The van der Waals surface area contributed by atoms with Crippen LogP contribution in [0, 0.1) is 27.7 Å². The fourth-order valence-corrected chi connectivity index (χ4v) is 3.89. The first-order valence-corrected chi connectivity index (χ1v) is 11.0. The fourth-order valence-electron chi connectivity index (χ4n) is 3.89. The van der Waals surface area contributed by atoms with Gasteiger partial charge in [0.15, 0.2) is 0 Å². The third-order valence-corrected chi connectivity index (χ3v) is 6.22. The molecule has 0 aliphatic rings. The number of rotatable bonds is 9. The molecule has 0 aliphatic heterocycles. The number of phenols is 2. The van der Waals surface area contributed by atoms with E-state index in [-0.39, 0.29) is 5.92 Å². The molecule has 172 valence electrons. The molecule has 0 radical (unpaired) electrons. The van der Waals surface area contributed by atoms with E-state index in [0.29, 0.717) is 30.7 Å². The van der Waals surface area contributed by atoms with Crippen LogP contribution in [0.25, 0.3) is 0 Å². The van der Waals surface area contributed by atoms with Crippen molar-refractivity contribution >= 4 is 0 Å². The van der Waals surface area contributed by atoms with E-state index in [1.54, 1.807) is 7.11 Å². The standard InChI is InChI=1S/C26H39NO4/c1-15(2)21-13-23(28)17(5)12-24(21)31-11-10-27(16(3)4)14-22-20(8)25(29)18(6)19(7)26(22)30-9/h12-13,15-16,28-29H,10-11,14H2,1-9H3. The lowest BCUT2D eigenvalue weighted by atomic mass is 9.96. The van der Waals surface area contributed by atoms with Gasteiger partial charge in [0, 0.05) is 30.3 Å². The van der Waals surface area contributed by atoms with E-state index in [0.717, 1.165) is 51.4 Å². The predicted octanol–water partition coefficient (Wildman–Crippen LogP) is 5.75. The van der Waals surface area contributed by atoms with Gasteiger partial charge in [0.05, 0.1) is 7.11 Å². The summed E-state index contributed by atoms with van der Waals surface area (Å²) >= 11 is 0. The molecule has 0 heterocycles. The molecule has 31 heavy (non-hydrogen) atoms. The Morgan fingerprint density at radius 2 is 1.58 bits per heavy atom. The lowest BCUT2D eigenvalue weighted by Crippen LogP contribution is -2.34. The van der Waals surface area contributed by atoms with Crippen LogP contribution in [-0.2, 0) is 6.54 Å². The van der Waals surface area contributed by atoms with Gasteiger partial charge >= 0.3 is 0 Å². The Bertz CT molecular complexity index is 919. The number of aromatic hydroxyl groups is 2. The van der Waals surface area contributed by atoms with Gasteiger partial charge in [0.1, 0.15) is 29.6 Å². The van der Waals surface area contributed by atoms with Crippen molar-refractivity contribution in [1.82, 2.24) is 4.90 Å². The minimum atomic E-state index is 0.258. The zero-order valence-corrected chi connectivity index (χ0v) is 20.6. The van der Waals surface area contributed by atoms with Crippen molar-refractivity contribution in [3.63, 3.8) is 0 Å². The SMILES string of the molecule is COc1c(C)c(C)c(O)c(C)c1CN(CCOc1cc(C)c(O)cc1C(C)C)C(C)C. The Hall–Kier alpha value is -2.40. The molecular formula is C26H39NO4. The number of aryl methyl sites for hydroxylation is 1. The second-order valence-corrected chi connectivity index (χ2v) is 8.98. The molecule has 0 atom stereocenters. The highest BCUT2D eigenvalue weighted by Gasteiger charge is 2.21. The lowest BCUT2D eigenvalue weighted by Gasteiger charge is -2.29. The largest absolute Gasteiger partial charge is 0.508 e. The van der Waals surface area contributed by atoms with E-state index in [1.165, 1.54) is 0 Å². The van der Waals surface area contributed by atoms with Gasteiger partial charge in [-0.2, -0.15) is 0 Å². The van der Waals surface area contributed by atoms with Crippen molar-refractivity contribution in [3.05, 3.63) is 45.5 Å². The Morgan fingerprint density at radius 3 is 2.13 bits per heavy atom. The number of methoxy groups -OCH3 is 1. The molecule has 5 nitrogen and oxygen atoms in total. The molecule has 2 aromatic rings. The zero-order chi connectivity index (χ0) is 23.5. The highest BCUT2D eigenvalue weighted by atomic mass is 16.5. The molecule has 0 bridgehead atoms. The van der Waals surface area contributed by atoms with Gasteiger partial charge in [-0.1, -0.05) is 13.8 Å². The molecule has 0 amide bonds. The van der Waals surface area contributed by atoms with Gasteiger partial charge in [-0.15, -0.1) is 0 Å². The Labute approximate surface area is 187 Å². The number of phenolic OH excluding ortho intramolecular Hbond substituents is 2. The summed E-state index contributed by atoms with van der Waals surface area (Å²) in [7, 11) is 1.69. The van der Waals surface area contributed by atoms with Crippen molar-refractivity contribution < 1.29 is 19.7 Å². The van der Waals surface area contributed by atoms with Crippen LogP contribution < -0.4 is 9.47 Å². The molecule has 2 rings (SSSR count).